The number of carbonyl (C=O) groups is 1. The summed E-state index contributed by atoms with van der Waals surface area (Å²) in [5, 5.41) is 1.81. The largest absolute Gasteiger partial charge is 0.367 e. The lowest BCUT2D eigenvalue weighted by molar-refractivity contribution is -0.179. The van der Waals surface area contributed by atoms with E-state index in [-0.39, 0.29) is 12.0 Å². The molecule has 3 heteroatoms. The van der Waals surface area contributed by atoms with Crippen LogP contribution in [0.15, 0.2) is 24.3 Å². The van der Waals surface area contributed by atoms with Crippen LogP contribution < -0.4 is 0 Å². The third kappa shape index (κ3) is 1.13. The topological polar surface area (TPSA) is 29.5 Å². The Balaban J connectivity index is 1.95. The third-order valence-corrected chi connectivity index (χ3v) is 2.93. The minimum absolute atomic E-state index is 0.0946. The molecule has 1 aromatic carbocycles. The summed E-state index contributed by atoms with van der Waals surface area (Å²) in [4.78, 5) is 16.2. The SMILES string of the molecule is O=C1CC2Cc3ccccc3CN2O1. The number of carbonyl (C=O) groups excluding carboxylic acids is 1. The van der Waals surface area contributed by atoms with Crippen molar-refractivity contribution in [2.75, 3.05) is 0 Å². The monoisotopic (exact) mass is 189 g/mol. The van der Waals surface area contributed by atoms with E-state index in [9.17, 15) is 4.79 Å². The van der Waals surface area contributed by atoms with E-state index >= 15 is 0 Å². The molecule has 0 aromatic heterocycles. The predicted octanol–water partition coefficient (Wildman–Crippen LogP) is 1.28. The van der Waals surface area contributed by atoms with E-state index in [1.165, 1.54) is 11.1 Å². The summed E-state index contributed by atoms with van der Waals surface area (Å²) in [6.07, 6.45) is 1.47. The summed E-state index contributed by atoms with van der Waals surface area (Å²) in [7, 11) is 0. The van der Waals surface area contributed by atoms with Crippen LogP contribution in [-0.2, 0) is 22.6 Å². The lowest BCUT2D eigenvalue weighted by atomic mass is 9.95. The minimum atomic E-state index is -0.0946. The lowest BCUT2D eigenvalue weighted by Crippen LogP contribution is -2.34. The van der Waals surface area contributed by atoms with E-state index in [2.05, 4.69) is 12.1 Å². The van der Waals surface area contributed by atoms with Crippen LogP contribution >= 0.6 is 0 Å². The van der Waals surface area contributed by atoms with E-state index in [0.29, 0.717) is 6.42 Å². The number of benzene rings is 1. The first-order chi connectivity index (χ1) is 6.83. The second-order valence-corrected chi connectivity index (χ2v) is 3.87. The van der Waals surface area contributed by atoms with Crippen molar-refractivity contribution in [3.63, 3.8) is 0 Å². The van der Waals surface area contributed by atoms with Crippen LogP contribution in [-0.4, -0.2) is 17.1 Å². The van der Waals surface area contributed by atoms with Crippen LogP contribution in [0, 0.1) is 0 Å². The highest BCUT2D eigenvalue weighted by molar-refractivity contribution is 5.71. The Kier molecular flexibility index (Phi) is 1.61. The molecule has 3 nitrogen and oxygen atoms in total. The van der Waals surface area contributed by atoms with Crippen molar-refractivity contribution in [1.29, 1.82) is 0 Å². The van der Waals surface area contributed by atoms with Gasteiger partial charge in [-0.15, -0.1) is 5.06 Å². The van der Waals surface area contributed by atoms with E-state index in [4.69, 9.17) is 4.84 Å². The Labute approximate surface area is 82.2 Å². The van der Waals surface area contributed by atoms with Crippen LogP contribution in [0.25, 0.3) is 0 Å². The van der Waals surface area contributed by atoms with E-state index in [1.54, 1.807) is 0 Å². The standard InChI is InChI=1S/C11H11NO2/c13-11-6-10-5-8-3-1-2-4-9(8)7-12(10)14-11/h1-4,10H,5-7H2. The average Bonchev–Trinajstić information content (AvgIpc) is 2.53. The first-order valence-corrected chi connectivity index (χ1v) is 4.87. The number of rotatable bonds is 0. The predicted molar refractivity (Wildman–Crippen MR) is 50.2 cm³/mol. The molecule has 1 aromatic rings. The normalized spacial score (nSPS) is 25.4. The Hall–Kier alpha value is -1.35. The lowest BCUT2D eigenvalue weighted by Gasteiger charge is -2.27. The highest BCUT2D eigenvalue weighted by Crippen LogP contribution is 2.29. The van der Waals surface area contributed by atoms with Gasteiger partial charge in [0.1, 0.15) is 0 Å². The van der Waals surface area contributed by atoms with Gasteiger partial charge in [-0.3, -0.25) is 4.79 Å². The number of hydrogen-bond donors (Lipinski definition) is 0. The van der Waals surface area contributed by atoms with Gasteiger partial charge >= 0.3 is 5.97 Å². The molecule has 0 amide bonds. The fourth-order valence-electron chi connectivity index (χ4n) is 2.20. The summed E-state index contributed by atoms with van der Waals surface area (Å²) in [6.45, 7) is 0.743. The molecule has 1 fully saturated rings. The molecule has 72 valence electrons. The van der Waals surface area contributed by atoms with E-state index in [0.717, 1.165) is 13.0 Å². The maximum Gasteiger partial charge on any atom is 0.326 e. The molecule has 0 spiro atoms. The Morgan fingerprint density at radius 2 is 2.00 bits per heavy atom. The van der Waals surface area contributed by atoms with Crippen molar-refractivity contribution in [3.8, 4) is 0 Å². The van der Waals surface area contributed by atoms with Gasteiger partial charge in [-0.1, -0.05) is 24.3 Å². The van der Waals surface area contributed by atoms with E-state index in [1.807, 2.05) is 17.2 Å². The number of nitrogens with zero attached hydrogens (tertiary/aromatic N) is 1. The zero-order valence-corrected chi connectivity index (χ0v) is 7.77. The summed E-state index contributed by atoms with van der Waals surface area (Å²) in [5.41, 5.74) is 2.63. The first kappa shape index (κ1) is 8.00. The number of fused-ring (bicyclic) bond motifs is 2. The fourth-order valence-corrected chi connectivity index (χ4v) is 2.20. The molecule has 2 aliphatic heterocycles. The van der Waals surface area contributed by atoms with Gasteiger partial charge in [0.25, 0.3) is 0 Å². The maximum absolute atomic E-state index is 11.1. The molecule has 2 aliphatic rings. The molecule has 1 atom stereocenters. The van der Waals surface area contributed by atoms with Crippen LogP contribution in [0.3, 0.4) is 0 Å². The van der Waals surface area contributed by atoms with Gasteiger partial charge in [0.05, 0.1) is 19.0 Å². The molecule has 0 radical (unpaired) electrons. The van der Waals surface area contributed by atoms with Gasteiger partial charge in [0, 0.05) is 0 Å². The molecule has 1 saturated heterocycles. The fraction of sp³-hybridized carbons (Fsp3) is 0.364. The van der Waals surface area contributed by atoms with Gasteiger partial charge in [-0.2, -0.15) is 0 Å². The summed E-state index contributed by atoms with van der Waals surface area (Å²) < 4.78 is 0. The Bertz CT molecular complexity index is 354. The summed E-state index contributed by atoms with van der Waals surface area (Å²) >= 11 is 0. The molecular weight excluding hydrogens is 178 g/mol. The number of hydroxylamine groups is 2. The molecular formula is C11H11NO2. The van der Waals surface area contributed by atoms with Gasteiger partial charge in [0.15, 0.2) is 0 Å². The molecule has 3 rings (SSSR count). The zero-order chi connectivity index (χ0) is 9.54. The van der Waals surface area contributed by atoms with Gasteiger partial charge in [-0.25, -0.2) is 0 Å². The minimum Gasteiger partial charge on any atom is -0.367 e. The van der Waals surface area contributed by atoms with Crippen molar-refractivity contribution < 1.29 is 9.63 Å². The van der Waals surface area contributed by atoms with Crippen LogP contribution in [0.4, 0.5) is 0 Å². The van der Waals surface area contributed by atoms with Crippen molar-refractivity contribution in [1.82, 2.24) is 5.06 Å². The molecule has 0 N–H and O–H groups in total. The highest BCUT2D eigenvalue weighted by atomic mass is 16.7. The van der Waals surface area contributed by atoms with Crippen LogP contribution in [0.5, 0.6) is 0 Å². The molecule has 0 aliphatic carbocycles. The molecule has 2 heterocycles. The summed E-state index contributed by atoms with van der Waals surface area (Å²) in [6, 6.07) is 8.56. The van der Waals surface area contributed by atoms with Crippen molar-refractivity contribution in [3.05, 3.63) is 35.4 Å². The molecule has 0 saturated carbocycles. The molecule has 14 heavy (non-hydrogen) atoms. The third-order valence-electron chi connectivity index (χ3n) is 2.93. The van der Waals surface area contributed by atoms with E-state index < -0.39 is 0 Å². The Morgan fingerprint density at radius 1 is 1.21 bits per heavy atom. The van der Waals surface area contributed by atoms with Crippen molar-refractivity contribution in [2.24, 2.45) is 0 Å². The molecule has 1 unspecified atom stereocenters. The molecule has 0 bridgehead atoms. The van der Waals surface area contributed by atoms with Crippen molar-refractivity contribution in [2.45, 2.75) is 25.4 Å². The second kappa shape index (κ2) is 2.82. The summed E-state index contributed by atoms with van der Waals surface area (Å²) in [5.74, 6) is -0.0946. The highest BCUT2D eigenvalue weighted by Gasteiger charge is 2.36. The second-order valence-electron chi connectivity index (χ2n) is 3.87. The van der Waals surface area contributed by atoms with Crippen LogP contribution in [0.2, 0.25) is 0 Å². The Morgan fingerprint density at radius 3 is 2.86 bits per heavy atom. The zero-order valence-electron chi connectivity index (χ0n) is 7.77. The first-order valence-electron chi connectivity index (χ1n) is 4.87. The maximum atomic E-state index is 11.1. The van der Waals surface area contributed by atoms with Gasteiger partial charge in [-0.05, 0) is 17.5 Å². The number of hydrogen-bond acceptors (Lipinski definition) is 3. The average molecular weight is 189 g/mol. The quantitative estimate of drug-likeness (QED) is 0.615. The van der Waals surface area contributed by atoms with Crippen LogP contribution in [0.1, 0.15) is 17.5 Å². The van der Waals surface area contributed by atoms with Gasteiger partial charge in [0.2, 0.25) is 0 Å². The van der Waals surface area contributed by atoms with Crippen molar-refractivity contribution >= 4 is 5.97 Å². The van der Waals surface area contributed by atoms with Gasteiger partial charge < -0.3 is 4.84 Å². The smallest absolute Gasteiger partial charge is 0.326 e.